The fraction of sp³-hybridized carbons (Fsp3) is 0.263. The largest absolute Gasteiger partial charge is 0.338 e. The van der Waals surface area contributed by atoms with Crippen molar-refractivity contribution in [3.63, 3.8) is 0 Å². The zero-order valence-corrected chi connectivity index (χ0v) is 12.5. The van der Waals surface area contributed by atoms with E-state index in [9.17, 15) is 4.79 Å². The molecule has 0 aliphatic heterocycles. The van der Waals surface area contributed by atoms with Gasteiger partial charge in [-0.05, 0) is 49.4 Å². The molecule has 0 amide bonds. The van der Waals surface area contributed by atoms with Gasteiger partial charge in [-0.3, -0.25) is 9.78 Å². The van der Waals surface area contributed by atoms with Gasteiger partial charge in [0.25, 0.3) is 0 Å². The number of carbonyl (C=O) groups is 1. The van der Waals surface area contributed by atoms with E-state index in [4.69, 9.17) is 0 Å². The minimum Gasteiger partial charge on any atom is -0.338 e. The van der Waals surface area contributed by atoms with E-state index in [-0.39, 0.29) is 0 Å². The lowest BCUT2D eigenvalue weighted by atomic mass is 9.95. The van der Waals surface area contributed by atoms with Crippen LogP contribution in [-0.2, 0) is 19.4 Å². The van der Waals surface area contributed by atoms with Crippen molar-refractivity contribution in [2.45, 2.75) is 32.2 Å². The third kappa shape index (κ3) is 2.05. The summed E-state index contributed by atoms with van der Waals surface area (Å²) in [6, 6.07) is 12.2. The first kappa shape index (κ1) is 13.3. The van der Waals surface area contributed by atoms with Crippen LogP contribution in [0.5, 0.6) is 0 Å². The molecule has 0 saturated carbocycles. The number of benzene rings is 1. The molecule has 0 N–H and O–H groups in total. The molecule has 2 heterocycles. The Balaban J connectivity index is 1.89. The number of fused-ring (bicyclic) bond motifs is 3. The maximum Gasteiger partial charge on any atom is 0.151 e. The van der Waals surface area contributed by atoms with Crippen molar-refractivity contribution >= 4 is 17.2 Å². The highest BCUT2D eigenvalue weighted by Gasteiger charge is 2.20. The monoisotopic (exact) mass is 290 g/mol. The zero-order valence-electron chi connectivity index (χ0n) is 12.5. The van der Waals surface area contributed by atoms with Crippen LogP contribution in [0.1, 0.15) is 40.2 Å². The lowest BCUT2D eigenvalue weighted by Crippen LogP contribution is -2.11. The standard InChI is InChI=1S/C19H18N2O/c22-13-14-6-5-11-20-17(14)12-21-18-9-3-1-7-15(18)16-8-2-4-10-19(16)21/h1,3,5-7,9,11,13H,2,4,8,10,12H2. The highest BCUT2D eigenvalue weighted by molar-refractivity contribution is 5.86. The smallest absolute Gasteiger partial charge is 0.151 e. The van der Waals surface area contributed by atoms with E-state index in [2.05, 4.69) is 33.8 Å². The van der Waals surface area contributed by atoms with Crippen LogP contribution >= 0.6 is 0 Å². The van der Waals surface area contributed by atoms with E-state index < -0.39 is 0 Å². The molecular formula is C19H18N2O. The van der Waals surface area contributed by atoms with Gasteiger partial charge in [0.2, 0.25) is 0 Å². The maximum absolute atomic E-state index is 11.3. The molecule has 2 aromatic heterocycles. The molecule has 1 aliphatic rings. The molecule has 1 aliphatic carbocycles. The summed E-state index contributed by atoms with van der Waals surface area (Å²) in [7, 11) is 0. The first-order valence-corrected chi connectivity index (χ1v) is 7.86. The van der Waals surface area contributed by atoms with Gasteiger partial charge in [0.15, 0.2) is 6.29 Å². The van der Waals surface area contributed by atoms with Gasteiger partial charge in [-0.2, -0.15) is 0 Å². The highest BCUT2D eigenvalue weighted by atomic mass is 16.1. The van der Waals surface area contributed by atoms with Crippen LogP contribution in [0.25, 0.3) is 10.9 Å². The van der Waals surface area contributed by atoms with Crippen LogP contribution in [-0.4, -0.2) is 15.8 Å². The van der Waals surface area contributed by atoms with Crippen molar-refractivity contribution in [1.29, 1.82) is 0 Å². The molecule has 110 valence electrons. The van der Waals surface area contributed by atoms with Crippen molar-refractivity contribution < 1.29 is 4.79 Å². The summed E-state index contributed by atoms with van der Waals surface area (Å²) in [5.41, 5.74) is 5.72. The van der Waals surface area contributed by atoms with Gasteiger partial charge in [-0.25, -0.2) is 0 Å². The Kier molecular flexibility index (Phi) is 3.26. The SMILES string of the molecule is O=Cc1cccnc1Cn1c2c(c3ccccc31)CCCC2. The number of aldehydes is 1. The number of nitrogens with zero attached hydrogens (tertiary/aromatic N) is 2. The molecule has 0 radical (unpaired) electrons. The van der Waals surface area contributed by atoms with Crippen LogP contribution in [0.3, 0.4) is 0 Å². The van der Waals surface area contributed by atoms with Crippen molar-refractivity contribution in [2.75, 3.05) is 0 Å². The minimum atomic E-state index is 0.671. The first-order valence-electron chi connectivity index (χ1n) is 7.86. The van der Waals surface area contributed by atoms with Crippen molar-refractivity contribution in [3.05, 3.63) is 65.1 Å². The Bertz CT molecular complexity index is 848. The van der Waals surface area contributed by atoms with Crippen LogP contribution < -0.4 is 0 Å². The van der Waals surface area contributed by atoms with Crippen molar-refractivity contribution in [2.24, 2.45) is 0 Å². The third-order valence-corrected chi connectivity index (χ3v) is 4.64. The average molecular weight is 290 g/mol. The van der Waals surface area contributed by atoms with Gasteiger partial charge in [-0.1, -0.05) is 18.2 Å². The summed E-state index contributed by atoms with van der Waals surface area (Å²) in [5, 5.41) is 1.36. The molecule has 0 unspecified atom stereocenters. The van der Waals surface area contributed by atoms with Crippen LogP contribution in [0, 0.1) is 0 Å². The molecule has 0 saturated heterocycles. The van der Waals surface area contributed by atoms with Crippen molar-refractivity contribution in [1.82, 2.24) is 9.55 Å². The first-order chi connectivity index (χ1) is 10.9. The second-order valence-corrected chi connectivity index (χ2v) is 5.89. The fourth-order valence-corrected chi connectivity index (χ4v) is 3.61. The zero-order chi connectivity index (χ0) is 14.9. The van der Waals surface area contributed by atoms with Gasteiger partial charge in [0.05, 0.1) is 12.2 Å². The summed E-state index contributed by atoms with van der Waals surface area (Å²) < 4.78 is 2.36. The molecule has 4 rings (SSSR count). The van der Waals surface area contributed by atoms with Gasteiger partial charge < -0.3 is 4.57 Å². The maximum atomic E-state index is 11.3. The molecule has 3 heteroatoms. The molecule has 0 atom stereocenters. The Morgan fingerprint density at radius 1 is 1.09 bits per heavy atom. The van der Waals surface area contributed by atoms with Crippen LogP contribution in [0.4, 0.5) is 0 Å². The predicted octanol–water partition coefficient (Wildman–Crippen LogP) is 3.78. The summed E-state index contributed by atoms with van der Waals surface area (Å²) in [5.74, 6) is 0. The Morgan fingerprint density at radius 3 is 2.86 bits per heavy atom. The number of para-hydroxylation sites is 1. The lowest BCUT2D eigenvalue weighted by Gasteiger charge is -2.16. The highest BCUT2D eigenvalue weighted by Crippen LogP contribution is 2.32. The van der Waals surface area contributed by atoms with Gasteiger partial charge in [-0.15, -0.1) is 0 Å². The molecule has 22 heavy (non-hydrogen) atoms. The van der Waals surface area contributed by atoms with Crippen LogP contribution in [0.15, 0.2) is 42.6 Å². The number of hydrogen-bond donors (Lipinski definition) is 0. The predicted molar refractivity (Wildman–Crippen MR) is 87.3 cm³/mol. The summed E-state index contributed by atoms with van der Waals surface area (Å²) >= 11 is 0. The number of aromatic nitrogens is 2. The molecule has 0 fully saturated rings. The lowest BCUT2D eigenvalue weighted by molar-refractivity contribution is 0.112. The van der Waals surface area contributed by atoms with Gasteiger partial charge in [0.1, 0.15) is 0 Å². The third-order valence-electron chi connectivity index (χ3n) is 4.64. The minimum absolute atomic E-state index is 0.671. The van der Waals surface area contributed by atoms with Gasteiger partial charge >= 0.3 is 0 Å². The average Bonchev–Trinajstić information content (AvgIpc) is 2.90. The quantitative estimate of drug-likeness (QED) is 0.688. The number of hydrogen-bond acceptors (Lipinski definition) is 2. The number of carbonyl (C=O) groups excluding carboxylic acids is 1. The van der Waals surface area contributed by atoms with E-state index in [1.165, 1.54) is 35.0 Å². The number of pyridine rings is 1. The second-order valence-electron chi connectivity index (χ2n) is 5.89. The molecule has 0 spiro atoms. The Labute approximate surface area is 129 Å². The topological polar surface area (TPSA) is 34.9 Å². The van der Waals surface area contributed by atoms with Gasteiger partial charge in [0, 0.05) is 28.4 Å². The van der Waals surface area contributed by atoms with E-state index in [1.807, 2.05) is 12.1 Å². The second kappa shape index (κ2) is 5.41. The van der Waals surface area contributed by atoms with E-state index in [0.717, 1.165) is 24.8 Å². The molecule has 0 bridgehead atoms. The fourth-order valence-electron chi connectivity index (χ4n) is 3.61. The van der Waals surface area contributed by atoms with Crippen LogP contribution in [0.2, 0.25) is 0 Å². The Hall–Kier alpha value is -2.42. The molecule has 1 aromatic carbocycles. The molecular weight excluding hydrogens is 272 g/mol. The Morgan fingerprint density at radius 2 is 1.95 bits per heavy atom. The number of rotatable bonds is 3. The van der Waals surface area contributed by atoms with E-state index in [1.54, 1.807) is 6.20 Å². The molecule has 3 aromatic rings. The summed E-state index contributed by atoms with van der Waals surface area (Å²) in [4.78, 5) is 15.7. The summed E-state index contributed by atoms with van der Waals surface area (Å²) in [6.07, 6.45) is 7.45. The van der Waals surface area contributed by atoms with E-state index >= 15 is 0 Å². The summed E-state index contributed by atoms with van der Waals surface area (Å²) in [6.45, 7) is 0.671. The van der Waals surface area contributed by atoms with Crippen molar-refractivity contribution in [3.8, 4) is 0 Å². The normalized spacial score (nSPS) is 14.0. The van der Waals surface area contributed by atoms with E-state index in [0.29, 0.717) is 12.1 Å². The molecule has 3 nitrogen and oxygen atoms in total. The number of aryl methyl sites for hydroxylation is 1.